The van der Waals surface area contributed by atoms with E-state index in [1.54, 1.807) is 0 Å². The Balaban J connectivity index is 1.71. The van der Waals surface area contributed by atoms with Crippen LogP contribution in [0.4, 0.5) is 5.00 Å². The molecule has 0 saturated carbocycles. The molecule has 0 fully saturated rings. The lowest BCUT2D eigenvalue weighted by Gasteiger charge is -2.11. The van der Waals surface area contributed by atoms with E-state index in [9.17, 15) is 9.59 Å². The lowest BCUT2D eigenvalue weighted by atomic mass is 9.95. The van der Waals surface area contributed by atoms with Crippen molar-refractivity contribution < 1.29 is 14.3 Å². The summed E-state index contributed by atoms with van der Waals surface area (Å²) in [5.74, 6) is -0.695. The fourth-order valence-corrected chi connectivity index (χ4v) is 5.69. The normalized spacial score (nSPS) is 13.1. The zero-order chi connectivity index (χ0) is 19.7. The molecule has 4 rings (SSSR count). The molecule has 1 N–H and O–H groups in total. The Morgan fingerprint density at radius 1 is 1.11 bits per heavy atom. The van der Waals surface area contributed by atoms with Crippen molar-refractivity contribution in [2.24, 2.45) is 0 Å². The Morgan fingerprint density at radius 2 is 1.86 bits per heavy atom. The van der Waals surface area contributed by atoms with Crippen LogP contribution in [0.25, 0.3) is 10.4 Å². The molecule has 144 valence electrons. The van der Waals surface area contributed by atoms with E-state index in [-0.39, 0.29) is 5.91 Å². The Morgan fingerprint density at radius 3 is 2.61 bits per heavy atom. The molecule has 28 heavy (non-hydrogen) atoms. The summed E-state index contributed by atoms with van der Waals surface area (Å²) in [7, 11) is 1.37. The highest BCUT2D eigenvalue weighted by molar-refractivity contribution is 7.17. The van der Waals surface area contributed by atoms with Crippen LogP contribution in [-0.4, -0.2) is 24.0 Å². The van der Waals surface area contributed by atoms with Crippen molar-refractivity contribution in [3.8, 4) is 10.4 Å². The van der Waals surface area contributed by atoms with Crippen molar-refractivity contribution in [3.05, 3.63) is 57.0 Å². The van der Waals surface area contributed by atoms with Gasteiger partial charge in [0.2, 0.25) is 0 Å². The molecule has 0 atom stereocenters. The molecule has 2 aromatic heterocycles. The van der Waals surface area contributed by atoms with E-state index < -0.39 is 5.97 Å². The van der Waals surface area contributed by atoms with Crippen molar-refractivity contribution in [2.75, 3.05) is 12.4 Å². The van der Waals surface area contributed by atoms with Gasteiger partial charge in [-0.05, 0) is 43.7 Å². The highest BCUT2D eigenvalue weighted by Gasteiger charge is 2.28. The summed E-state index contributed by atoms with van der Waals surface area (Å²) in [5.41, 5.74) is 2.87. The van der Waals surface area contributed by atoms with E-state index in [2.05, 4.69) is 10.3 Å². The molecule has 1 amide bonds. The second-order valence-corrected chi connectivity index (χ2v) is 8.95. The van der Waals surface area contributed by atoms with Crippen LogP contribution >= 0.6 is 22.7 Å². The van der Waals surface area contributed by atoms with Crippen molar-refractivity contribution in [3.63, 3.8) is 0 Å². The summed E-state index contributed by atoms with van der Waals surface area (Å²) in [5, 5.41) is 4.33. The third-order valence-corrected chi connectivity index (χ3v) is 7.00. The molecule has 0 radical (unpaired) electrons. The number of carbonyl (C=O) groups excluding carboxylic acids is 2. The third kappa shape index (κ3) is 3.47. The molecule has 0 bridgehead atoms. The first-order chi connectivity index (χ1) is 13.6. The molecular weight excluding hydrogens is 392 g/mol. The van der Waals surface area contributed by atoms with Crippen LogP contribution in [0.1, 0.15) is 49.1 Å². The molecule has 1 aliphatic rings. The first-order valence-electron chi connectivity index (χ1n) is 9.15. The summed E-state index contributed by atoms with van der Waals surface area (Å²) >= 11 is 2.97. The molecule has 1 aromatic carbocycles. The van der Waals surface area contributed by atoms with Crippen LogP contribution in [0.3, 0.4) is 0 Å². The number of hydrogen-bond acceptors (Lipinski definition) is 6. The number of esters is 1. The Labute approximate surface area is 171 Å². The van der Waals surface area contributed by atoms with Crippen LogP contribution in [0.2, 0.25) is 0 Å². The number of ether oxygens (including phenoxy) is 1. The number of thiazole rings is 1. The van der Waals surface area contributed by atoms with Gasteiger partial charge in [0.05, 0.1) is 22.6 Å². The monoisotopic (exact) mass is 412 g/mol. The smallest absolute Gasteiger partial charge is 0.341 e. The van der Waals surface area contributed by atoms with Crippen molar-refractivity contribution in [1.82, 2.24) is 4.98 Å². The second-order valence-electron chi connectivity index (χ2n) is 6.64. The molecule has 2 heterocycles. The highest BCUT2D eigenvalue weighted by atomic mass is 32.1. The van der Waals surface area contributed by atoms with Gasteiger partial charge in [0, 0.05) is 4.88 Å². The predicted molar refractivity (Wildman–Crippen MR) is 113 cm³/mol. The minimum absolute atomic E-state index is 0.299. The quantitative estimate of drug-likeness (QED) is 0.606. The number of fused-ring (bicyclic) bond motifs is 1. The van der Waals surface area contributed by atoms with Gasteiger partial charge in [-0.3, -0.25) is 4.79 Å². The molecule has 0 aliphatic heterocycles. The van der Waals surface area contributed by atoms with Crippen LogP contribution in [0.15, 0.2) is 30.3 Å². The summed E-state index contributed by atoms with van der Waals surface area (Å²) in [6.45, 7) is 1.89. The molecule has 0 unspecified atom stereocenters. The van der Waals surface area contributed by atoms with Gasteiger partial charge >= 0.3 is 5.97 Å². The maximum atomic E-state index is 13.1. The SMILES string of the molecule is COC(=O)c1c(NC(=O)c2nc(C)sc2-c2ccccc2)sc2c1CCCC2. The molecule has 0 spiro atoms. The third-order valence-electron chi connectivity index (χ3n) is 4.77. The van der Waals surface area contributed by atoms with Crippen LogP contribution in [0, 0.1) is 6.92 Å². The lowest BCUT2D eigenvalue weighted by molar-refractivity contribution is 0.0601. The number of nitrogens with one attached hydrogen (secondary N) is 1. The minimum Gasteiger partial charge on any atom is -0.465 e. The van der Waals surface area contributed by atoms with Crippen molar-refractivity contribution in [2.45, 2.75) is 32.6 Å². The molecule has 0 saturated heterocycles. The standard InChI is InChI=1S/C21H20N2O3S2/c1-12-22-17(18(27-12)13-8-4-3-5-9-13)19(24)23-20-16(21(25)26-2)14-10-6-7-11-15(14)28-20/h3-5,8-9H,6-7,10-11H2,1-2H3,(H,23,24). The number of anilines is 1. The molecule has 5 nitrogen and oxygen atoms in total. The topological polar surface area (TPSA) is 68.3 Å². The van der Waals surface area contributed by atoms with Gasteiger partial charge in [-0.15, -0.1) is 22.7 Å². The summed E-state index contributed by atoms with van der Waals surface area (Å²) in [6.07, 6.45) is 3.93. The van der Waals surface area contributed by atoms with Gasteiger partial charge in [0.1, 0.15) is 10.7 Å². The van der Waals surface area contributed by atoms with Gasteiger partial charge in [-0.2, -0.15) is 0 Å². The zero-order valence-corrected chi connectivity index (χ0v) is 17.3. The van der Waals surface area contributed by atoms with Crippen LogP contribution in [0.5, 0.6) is 0 Å². The number of amides is 1. The predicted octanol–water partition coefficient (Wildman–Crippen LogP) is 5.10. The number of aryl methyl sites for hydroxylation is 2. The molecule has 1 aliphatic carbocycles. The summed E-state index contributed by atoms with van der Waals surface area (Å²) in [4.78, 5) is 31.9. The number of methoxy groups -OCH3 is 1. The minimum atomic E-state index is -0.396. The lowest BCUT2D eigenvalue weighted by Crippen LogP contribution is -2.16. The average Bonchev–Trinajstić information content (AvgIpc) is 3.28. The van der Waals surface area contributed by atoms with E-state index in [1.165, 1.54) is 34.7 Å². The first-order valence-corrected chi connectivity index (χ1v) is 10.8. The maximum absolute atomic E-state index is 13.1. The molecule has 3 aromatic rings. The van der Waals surface area contributed by atoms with E-state index in [4.69, 9.17) is 4.74 Å². The maximum Gasteiger partial charge on any atom is 0.341 e. The van der Waals surface area contributed by atoms with E-state index in [1.807, 2.05) is 37.3 Å². The van der Waals surface area contributed by atoms with Gasteiger partial charge in [0.15, 0.2) is 0 Å². The zero-order valence-electron chi connectivity index (χ0n) is 15.7. The van der Waals surface area contributed by atoms with E-state index in [0.29, 0.717) is 16.3 Å². The van der Waals surface area contributed by atoms with Crippen LogP contribution < -0.4 is 5.32 Å². The fourth-order valence-electron chi connectivity index (χ4n) is 3.50. The number of rotatable bonds is 4. The first kappa shape index (κ1) is 18.8. The van der Waals surface area contributed by atoms with Gasteiger partial charge in [0.25, 0.3) is 5.91 Å². The van der Waals surface area contributed by atoms with Crippen LogP contribution in [-0.2, 0) is 17.6 Å². The summed E-state index contributed by atoms with van der Waals surface area (Å²) in [6, 6.07) is 9.75. The van der Waals surface area contributed by atoms with E-state index in [0.717, 1.165) is 46.7 Å². The Kier molecular flexibility index (Phi) is 5.28. The van der Waals surface area contributed by atoms with Crippen molar-refractivity contribution in [1.29, 1.82) is 0 Å². The largest absolute Gasteiger partial charge is 0.465 e. The van der Waals surface area contributed by atoms with Gasteiger partial charge < -0.3 is 10.1 Å². The highest BCUT2D eigenvalue weighted by Crippen LogP contribution is 2.39. The number of nitrogens with zero attached hydrogens (tertiary/aromatic N) is 1. The van der Waals surface area contributed by atoms with Gasteiger partial charge in [-0.1, -0.05) is 30.3 Å². The fraction of sp³-hybridized carbons (Fsp3) is 0.286. The second kappa shape index (κ2) is 7.85. The van der Waals surface area contributed by atoms with Crippen molar-refractivity contribution >= 4 is 39.6 Å². The number of hydrogen-bond donors (Lipinski definition) is 1. The average molecular weight is 413 g/mol. The Hall–Kier alpha value is -2.51. The Bertz CT molecular complexity index is 1040. The molecule has 7 heteroatoms. The molecular formula is C21H20N2O3S2. The number of aromatic nitrogens is 1. The number of carbonyl (C=O) groups is 2. The number of benzene rings is 1. The van der Waals surface area contributed by atoms with E-state index >= 15 is 0 Å². The van der Waals surface area contributed by atoms with Gasteiger partial charge in [-0.25, -0.2) is 9.78 Å². The summed E-state index contributed by atoms with van der Waals surface area (Å²) < 4.78 is 4.99. The number of thiophene rings is 1.